The second kappa shape index (κ2) is 7.31. The standard InChI is InChI=1S/C16H23NO4/c1-19-13-9-8-11(10-14(13)20-2)15(16(18)21-3)17-12-6-4-5-7-12/h8-10,12,15,17H,4-7H2,1-3H3. The minimum Gasteiger partial charge on any atom is -0.493 e. The summed E-state index contributed by atoms with van der Waals surface area (Å²) in [5.74, 6) is 0.969. The normalized spacial score (nSPS) is 16.5. The van der Waals surface area contributed by atoms with E-state index in [0.717, 1.165) is 18.4 Å². The molecule has 1 saturated carbocycles. The van der Waals surface area contributed by atoms with Crippen molar-refractivity contribution in [3.63, 3.8) is 0 Å². The summed E-state index contributed by atoms with van der Waals surface area (Å²) in [4.78, 5) is 12.1. The number of rotatable bonds is 6. The summed E-state index contributed by atoms with van der Waals surface area (Å²) in [5.41, 5.74) is 0.825. The first kappa shape index (κ1) is 15.6. The molecule has 0 bridgehead atoms. The lowest BCUT2D eigenvalue weighted by Gasteiger charge is -2.22. The third-order valence-corrected chi connectivity index (χ3v) is 3.94. The highest BCUT2D eigenvalue weighted by molar-refractivity contribution is 5.78. The molecule has 1 aromatic rings. The predicted molar refractivity (Wildman–Crippen MR) is 79.7 cm³/mol. The molecule has 0 aromatic heterocycles. The van der Waals surface area contributed by atoms with Gasteiger partial charge >= 0.3 is 5.97 Å². The summed E-state index contributed by atoms with van der Waals surface area (Å²) >= 11 is 0. The van der Waals surface area contributed by atoms with Crippen LogP contribution in [0, 0.1) is 0 Å². The van der Waals surface area contributed by atoms with Crippen LogP contribution in [0.25, 0.3) is 0 Å². The quantitative estimate of drug-likeness (QED) is 0.816. The molecule has 116 valence electrons. The van der Waals surface area contributed by atoms with E-state index < -0.39 is 6.04 Å². The zero-order valence-corrected chi connectivity index (χ0v) is 12.8. The summed E-state index contributed by atoms with van der Waals surface area (Å²) in [6, 6.07) is 5.38. The van der Waals surface area contributed by atoms with Crippen molar-refractivity contribution in [2.45, 2.75) is 37.8 Å². The Balaban J connectivity index is 2.24. The van der Waals surface area contributed by atoms with E-state index in [-0.39, 0.29) is 5.97 Å². The number of hydrogen-bond acceptors (Lipinski definition) is 5. The van der Waals surface area contributed by atoms with Crippen molar-refractivity contribution >= 4 is 5.97 Å². The predicted octanol–water partition coefficient (Wildman–Crippen LogP) is 2.45. The molecule has 1 atom stereocenters. The number of esters is 1. The fourth-order valence-corrected chi connectivity index (χ4v) is 2.78. The summed E-state index contributed by atoms with van der Waals surface area (Å²) in [6.07, 6.45) is 4.61. The fourth-order valence-electron chi connectivity index (χ4n) is 2.78. The highest BCUT2D eigenvalue weighted by atomic mass is 16.5. The van der Waals surface area contributed by atoms with Crippen LogP contribution in [0.15, 0.2) is 18.2 Å². The van der Waals surface area contributed by atoms with Gasteiger partial charge in [0.2, 0.25) is 0 Å². The molecule has 0 saturated heterocycles. The maximum absolute atomic E-state index is 12.1. The highest BCUT2D eigenvalue weighted by Gasteiger charge is 2.27. The van der Waals surface area contributed by atoms with Gasteiger partial charge in [-0.3, -0.25) is 5.32 Å². The zero-order valence-electron chi connectivity index (χ0n) is 12.8. The van der Waals surface area contributed by atoms with Crippen molar-refractivity contribution in [2.75, 3.05) is 21.3 Å². The third-order valence-electron chi connectivity index (χ3n) is 3.94. The molecular weight excluding hydrogens is 270 g/mol. The summed E-state index contributed by atoms with van der Waals surface area (Å²) in [6.45, 7) is 0. The molecule has 0 heterocycles. The first-order valence-electron chi connectivity index (χ1n) is 7.25. The molecule has 5 nitrogen and oxygen atoms in total. The Labute approximate surface area is 125 Å². The largest absolute Gasteiger partial charge is 0.493 e. The lowest BCUT2D eigenvalue weighted by molar-refractivity contribution is -0.143. The van der Waals surface area contributed by atoms with Crippen LogP contribution in [-0.2, 0) is 9.53 Å². The Bertz CT molecular complexity index is 483. The molecule has 0 radical (unpaired) electrons. The molecule has 0 amide bonds. The van der Waals surface area contributed by atoms with Crippen LogP contribution in [0.2, 0.25) is 0 Å². The second-order valence-corrected chi connectivity index (χ2v) is 5.22. The van der Waals surface area contributed by atoms with Crippen LogP contribution < -0.4 is 14.8 Å². The van der Waals surface area contributed by atoms with Crippen LogP contribution in [0.3, 0.4) is 0 Å². The molecule has 1 aromatic carbocycles. The van der Waals surface area contributed by atoms with E-state index in [1.807, 2.05) is 12.1 Å². The van der Waals surface area contributed by atoms with Crippen LogP contribution in [-0.4, -0.2) is 33.3 Å². The number of methoxy groups -OCH3 is 3. The number of ether oxygens (including phenoxy) is 3. The van der Waals surface area contributed by atoms with Gasteiger partial charge in [-0.05, 0) is 30.5 Å². The Hall–Kier alpha value is -1.75. The molecule has 5 heteroatoms. The van der Waals surface area contributed by atoms with Gasteiger partial charge in [-0.15, -0.1) is 0 Å². The molecule has 0 aliphatic heterocycles. The maximum Gasteiger partial charge on any atom is 0.327 e. The minimum absolute atomic E-state index is 0.283. The van der Waals surface area contributed by atoms with Gasteiger partial charge in [0.05, 0.1) is 21.3 Å². The van der Waals surface area contributed by atoms with Gasteiger partial charge in [0.1, 0.15) is 6.04 Å². The van der Waals surface area contributed by atoms with Crippen molar-refractivity contribution in [2.24, 2.45) is 0 Å². The van der Waals surface area contributed by atoms with Gasteiger partial charge in [0.25, 0.3) is 0 Å². The van der Waals surface area contributed by atoms with Gasteiger partial charge < -0.3 is 14.2 Å². The second-order valence-electron chi connectivity index (χ2n) is 5.22. The molecule has 1 aliphatic carbocycles. The number of carbonyl (C=O) groups excluding carboxylic acids is 1. The van der Waals surface area contributed by atoms with Crippen molar-refractivity contribution < 1.29 is 19.0 Å². The van der Waals surface area contributed by atoms with E-state index in [1.165, 1.54) is 20.0 Å². The minimum atomic E-state index is -0.474. The Kier molecular flexibility index (Phi) is 5.44. The van der Waals surface area contributed by atoms with Crippen molar-refractivity contribution in [3.8, 4) is 11.5 Å². The molecule has 1 unspecified atom stereocenters. The Morgan fingerprint density at radius 2 is 1.81 bits per heavy atom. The van der Waals surface area contributed by atoms with Crippen LogP contribution in [0.1, 0.15) is 37.3 Å². The molecule has 1 N–H and O–H groups in total. The van der Waals surface area contributed by atoms with Crippen LogP contribution >= 0.6 is 0 Å². The van der Waals surface area contributed by atoms with Gasteiger partial charge in [-0.2, -0.15) is 0 Å². The topological polar surface area (TPSA) is 56.8 Å². The van der Waals surface area contributed by atoms with E-state index in [9.17, 15) is 4.79 Å². The van der Waals surface area contributed by atoms with Crippen LogP contribution in [0.5, 0.6) is 11.5 Å². The summed E-state index contributed by atoms with van der Waals surface area (Å²) in [5, 5.41) is 3.40. The van der Waals surface area contributed by atoms with Crippen molar-refractivity contribution in [1.29, 1.82) is 0 Å². The highest BCUT2D eigenvalue weighted by Crippen LogP contribution is 2.31. The van der Waals surface area contributed by atoms with Crippen LogP contribution in [0.4, 0.5) is 0 Å². The van der Waals surface area contributed by atoms with E-state index in [2.05, 4.69) is 5.32 Å². The molecule has 0 spiro atoms. The number of hydrogen-bond donors (Lipinski definition) is 1. The molecular formula is C16H23NO4. The SMILES string of the molecule is COC(=O)C(NC1CCCC1)c1ccc(OC)c(OC)c1. The van der Waals surface area contributed by atoms with Gasteiger partial charge in [0, 0.05) is 6.04 Å². The average molecular weight is 293 g/mol. The lowest BCUT2D eigenvalue weighted by atomic mass is 10.0. The monoisotopic (exact) mass is 293 g/mol. The molecule has 21 heavy (non-hydrogen) atoms. The number of nitrogens with one attached hydrogen (secondary N) is 1. The average Bonchev–Trinajstić information content (AvgIpc) is 3.04. The van der Waals surface area contributed by atoms with Gasteiger partial charge in [0.15, 0.2) is 11.5 Å². The van der Waals surface area contributed by atoms with Crippen molar-refractivity contribution in [3.05, 3.63) is 23.8 Å². The first-order valence-corrected chi connectivity index (χ1v) is 7.25. The fraction of sp³-hybridized carbons (Fsp3) is 0.562. The smallest absolute Gasteiger partial charge is 0.327 e. The van der Waals surface area contributed by atoms with Gasteiger partial charge in [-0.1, -0.05) is 18.9 Å². The third kappa shape index (κ3) is 3.67. The number of carbonyl (C=O) groups is 1. The summed E-state index contributed by atoms with van der Waals surface area (Å²) in [7, 11) is 4.58. The summed E-state index contributed by atoms with van der Waals surface area (Å²) < 4.78 is 15.5. The zero-order chi connectivity index (χ0) is 15.2. The molecule has 1 fully saturated rings. The molecule has 1 aliphatic rings. The lowest BCUT2D eigenvalue weighted by Crippen LogP contribution is -2.36. The van der Waals surface area contributed by atoms with Gasteiger partial charge in [-0.25, -0.2) is 4.79 Å². The first-order chi connectivity index (χ1) is 10.2. The maximum atomic E-state index is 12.1. The number of benzene rings is 1. The molecule has 2 rings (SSSR count). The Morgan fingerprint density at radius 1 is 1.14 bits per heavy atom. The van der Waals surface area contributed by atoms with E-state index >= 15 is 0 Å². The van der Waals surface area contributed by atoms with Crippen molar-refractivity contribution in [1.82, 2.24) is 5.32 Å². The van der Waals surface area contributed by atoms with E-state index in [0.29, 0.717) is 17.5 Å². The van der Waals surface area contributed by atoms with E-state index in [4.69, 9.17) is 14.2 Å². The van der Waals surface area contributed by atoms with E-state index in [1.54, 1.807) is 20.3 Å². The Morgan fingerprint density at radius 3 is 2.38 bits per heavy atom.